The highest BCUT2D eigenvalue weighted by Gasteiger charge is 2.51. The molecule has 2 fully saturated rings. The van der Waals surface area contributed by atoms with Gasteiger partial charge in [0, 0.05) is 18.2 Å². The molecule has 0 spiro atoms. The number of nitrogens with one attached hydrogen (secondary N) is 3. The number of hydrogen-bond acceptors (Lipinski definition) is 4. The smallest absolute Gasteiger partial charge is 0.315 e. The van der Waals surface area contributed by atoms with Gasteiger partial charge in [-0.15, -0.1) is 0 Å². The molecule has 0 saturated carbocycles. The summed E-state index contributed by atoms with van der Waals surface area (Å²) in [7, 11) is -3.29. The van der Waals surface area contributed by atoms with Gasteiger partial charge < -0.3 is 16.0 Å². The number of urea groups is 1. The van der Waals surface area contributed by atoms with Crippen molar-refractivity contribution in [3.63, 3.8) is 0 Å². The maximum atomic E-state index is 13.1. The Morgan fingerprint density at radius 3 is 2.54 bits per heavy atom. The van der Waals surface area contributed by atoms with E-state index in [0.29, 0.717) is 25.3 Å². The van der Waals surface area contributed by atoms with Gasteiger partial charge in [0.2, 0.25) is 5.91 Å². The fraction of sp³-hybridized carbons (Fsp3) is 0.500. The van der Waals surface area contributed by atoms with Crippen molar-refractivity contribution in [1.29, 1.82) is 0 Å². The summed E-state index contributed by atoms with van der Waals surface area (Å²) in [4.78, 5) is 23.2. The molecule has 26 heavy (non-hydrogen) atoms. The summed E-state index contributed by atoms with van der Waals surface area (Å²) in [6.45, 7) is 0. The van der Waals surface area contributed by atoms with E-state index in [1.54, 1.807) is 0 Å². The Labute approximate surface area is 149 Å². The quantitative estimate of drug-likeness (QED) is 0.506. The fourth-order valence-electron chi connectivity index (χ4n) is 3.49. The van der Waals surface area contributed by atoms with Gasteiger partial charge in [0.1, 0.15) is 11.6 Å². The van der Waals surface area contributed by atoms with Crippen molar-refractivity contribution >= 4 is 27.5 Å². The molecule has 0 unspecified atom stereocenters. The van der Waals surface area contributed by atoms with Gasteiger partial charge in [0.05, 0.1) is 23.1 Å². The van der Waals surface area contributed by atoms with Crippen LogP contribution in [0.25, 0.3) is 0 Å². The molecule has 10 heteroatoms. The van der Waals surface area contributed by atoms with Crippen molar-refractivity contribution in [2.75, 3.05) is 11.1 Å². The van der Waals surface area contributed by atoms with E-state index >= 15 is 0 Å². The Morgan fingerprint density at radius 1 is 1.15 bits per heavy atom. The lowest BCUT2D eigenvalue weighted by atomic mass is 10.0. The van der Waals surface area contributed by atoms with Crippen LogP contribution < -0.4 is 16.0 Å². The van der Waals surface area contributed by atoms with Crippen LogP contribution in [0.1, 0.15) is 25.7 Å². The lowest BCUT2D eigenvalue weighted by Crippen LogP contribution is -2.39. The summed E-state index contributed by atoms with van der Waals surface area (Å²) in [6.07, 6.45) is 1.35. The molecule has 2 saturated heterocycles. The molecule has 2 aliphatic heterocycles. The van der Waals surface area contributed by atoms with Crippen LogP contribution in [0.5, 0.6) is 0 Å². The van der Waals surface area contributed by atoms with Crippen LogP contribution >= 0.6 is 0 Å². The fourth-order valence-corrected chi connectivity index (χ4v) is 5.75. The highest BCUT2D eigenvalue weighted by Crippen LogP contribution is 2.28. The number of carbonyl (C=O) groups is 2. The number of amides is 3. The number of carbonyl (C=O) groups excluding carboxylic acids is 2. The van der Waals surface area contributed by atoms with E-state index in [1.807, 2.05) is 0 Å². The van der Waals surface area contributed by atoms with E-state index in [-0.39, 0.29) is 23.9 Å². The summed E-state index contributed by atoms with van der Waals surface area (Å²) in [6, 6.07) is 1.55. The van der Waals surface area contributed by atoms with Gasteiger partial charge in [-0.2, -0.15) is 0 Å². The minimum atomic E-state index is -3.29. The van der Waals surface area contributed by atoms with E-state index < -0.39 is 44.7 Å². The monoisotopic (exact) mass is 387 g/mol. The van der Waals surface area contributed by atoms with Crippen LogP contribution in [-0.2, 0) is 14.6 Å². The van der Waals surface area contributed by atoms with Gasteiger partial charge in [-0.1, -0.05) is 6.42 Å². The molecule has 2 aliphatic rings. The molecular formula is C16H19F2N3O4S. The maximum absolute atomic E-state index is 13.1. The highest BCUT2D eigenvalue weighted by molar-refractivity contribution is 7.92. The van der Waals surface area contributed by atoms with Crippen molar-refractivity contribution in [1.82, 2.24) is 10.6 Å². The van der Waals surface area contributed by atoms with Gasteiger partial charge in [0.15, 0.2) is 9.84 Å². The normalized spacial score (nSPS) is 26.1. The van der Waals surface area contributed by atoms with E-state index in [0.717, 1.165) is 12.1 Å². The average molecular weight is 387 g/mol. The van der Waals surface area contributed by atoms with Crippen molar-refractivity contribution in [2.24, 2.45) is 0 Å². The molecule has 3 atom stereocenters. The Bertz CT molecular complexity index is 811. The second kappa shape index (κ2) is 7.18. The van der Waals surface area contributed by atoms with Gasteiger partial charge in [0.25, 0.3) is 0 Å². The number of unbranched alkanes of at least 4 members (excludes halogenated alkanes) is 1. The van der Waals surface area contributed by atoms with Gasteiger partial charge in [-0.05, 0) is 25.0 Å². The topological polar surface area (TPSA) is 104 Å². The Hall–Kier alpha value is -2.23. The summed E-state index contributed by atoms with van der Waals surface area (Å²) >= 11 is 0. The molecular weight excluding hydrogens is 368 g/mol. The third kappa shape index (κ3) is 4.12. The Morgan fingerprint density at radius 2 is 1.85 bits per heavy atom. The molecule has 7 nitrogen and oxygen atoms in total. The molecule has 0 aromatic heterocycles. The average Bonchev–Trinajstić information content (AvgIpc) is 2.94. The number of sulfone groups is 1. The predicted molar refractivity (Wildman–Crippen MR) is 90.3 cm³/mol. The first-order valence-electron chi connectivity index (χ1n) is 8.29. The zero-order chi connectivity index (χ0) is 18.9. The summed E-state index contributed by atoms with van der Waals surface area (Å²) in [5, 5.41) is 6.97. The molecule has 0 bridgehead atoms. The lowest BCUT2D eigenvalue weighted by Gasteiger charge is -2.16. The first-order chi connectivity index (χ1) is 12.2. The summed E-state index contributed by atoms with van der Waals surface area (Å²) < 4.78 is 50.5. The third-order valence-corrected chi connectivity index (χ3v) is 6.89. The minimum absolute atomic E-state index is 0.0356. The molecule has 142 valence electrons. The Balaban J connectivity index is 1.46. The van der Waals surface area contributed by atoms with Crippen LogP contribution in [0, 0.1) is 11.6 Å². The first-order valence-corrected chi connectivity index (χ1v) is 10.0. The number of halogens is 2. The number of fused-ring (bicyclic) bond motifs is 1. The summed E-state index contributed by atoms with van der Waals surface area (Å²) in [5.41, 5.74) is 0.0356. The summed E-state index contributed by atoms with van der Waals surface area (Å²) in [5.74, 6) is -2.05. The zero-order valence-electron chi connectivity index (χ0n) is 13.8. The Kier molecular flexibility index (Phi) is 5.12. The minimum Gasteiger partial charge on any atom is -0.332 e. The molecule has 3 N–H and O–H groups in total. The predicted octanol–water partition coefficient (Wildman–Crippen LogP) is 1.31. The lowest BCUT2D eigenvalue weighted by molar-refractivity contribution is -0.116. The van der Waals surface area contributed by atoms with Crippen LogP contribution in [0.2, 0.25) is 0 Å². The van der Waals surface area contributed by atoms with Crippen molar-refractivity contribution < 1.29 is 26.8 Å². The first kappa shape index (κ1) is 18.6. The number of anilines is 1. The maximum Gasteiger partial charge on any atom is 0.315 e. The molecule has 3 rings (SSSR count). The van der Waals surface area contributed by atoms with Crippen LogP contribution in [0.4, 0.5) is 19.3 Å². The third-order valence-electron chi connectivity index (χ3n) is 4.61. The van der Waals surface area contributed by atoms with E-state index in [2.05, 4.69) is 16.0 Å². The number of rotatable bonds is 6. The van der Waals surface area contributed by atoms with E-state index in [4.69, 9.17) is 0 Å². The molecule has 0 aliphatic carbocycles. The van der Waals surface area contributed by atoms with Crippen LogP contribution in [-0.4, -0.2) is 43.4 Å². The second-order valence-corrected chi connectivity index (χ2v) is 8.83. The van der Waals surface area contributed by atoms with Crippen molar-refractivity contribution in [3.8, 4) is 0 Å². The van der Waals surface area contributed by atoms with Gasteiger partial charge in [-0.3, -0.25) is 4.79 Å². The molecule has 2 heterocycles. The standard InChI is InChI=1S/C16H19F2N3O4S/c17-9-5-10(18)7-11(6-9)19-14(22)4-2-1-3-13-15-12(8-26(13,24)25)20-16(23)21-15/h5-7,12-13,15H,1-4,8H2,(H,19,22)(H2,20,21,23)/t12-,13+,15-/m0/s1. The number of benzene rings is 1. The SMILES string of the molecule is O=C(CCCC[C@@H]1[C@H]2NC(=O)N[C@H]2CS1(=O)=O)Nc1cc(F)cc(F)c1. The van der Waals surface area contributed by atoms with Crippen molar-refractivity contribution in [3.05, 3.63) is 29.8 Å². The molecule has 1 aromatic rings. The zero-order valence-corrected chi connectivity index (χ0v) is 14.6. The van der Waals surface area contributed by atoms with E-state index in [9.17, 15) is 26.8 Å². The van der Waals surface area contributed by atoms with Gasteiger partial charge in [-0.25, -0.2) is 22.0 Å². The highest BCUT2D eigenvalue weighted by atomic mass is 32.2. The van der Waals surface area contributed by atoms with Crippen molar-refractivity contribution in [2.45, 2.75) is 43.0 Å². The molecule has 3 amide bonds. The molecule has 1 aromatic carbocycles. The van der Waals surface area contributed by atoms with Gasteiger partial charge >= 0.3 is 6.03 Å². The second-order valence-electron chi connectivity index (χ2n) is 6.57. The molecule has 0 radical (unpaired) electrons. The number of hydrogen-bond donors (Lipinski definition) is 3. The van der Waals surface area contributed by atoms with E-state index in [1.165, 1.54) is 0 Å². The van der Waals surface area contributed by atoms with Crippen LogP contribution in [0.3, 0.4) is 0 Å². The van der Waals surface area contributed by atoms with Crippen LogP contribution in [0.15, 0.2) is 18.2 Å². The largest absolute Gasteiger partial charge is 0.332 e.